The molecule has 3 amide bonds. The van der Waals surface area contributed by atoms with Crippen LogP contribution in [0.4, 0.5) is 4.79 Å². The monoisotopic (exact) mass is 351 g/mol. The van der Waals surface area contributed by atoms with Gasteiger partial charge in [-0.15, -0.1) is 0 Å². The van der Waals surface area contributed by atoms with Crippen molar-refractivity contribution in [3.63, 3.8) is 0 Å². The Kier molecular flexibility index (Phi) is 4.35. The smallest absolute Gasteiger partial charge is 0.328 e. The number of ether oxygens (including phenoxy) is 2. The van der Waals surface area contributed by atoms with Gasteiger partial charge in [-0.25, -0.2) is 4.79 Å². The average Bonchev–Trinajstić information content (AvgIpc) is 2.74. The maximum atomic E-state index is 12.1. The standard InChI is InChI=1S/C11H18BrN3O5/c1-11(12)8(17)14-10(18)15(9(11)19-2)7-3-5(13)6(4-16)20-7/h5-7,9,16H,3-4,13H2,1-2H3,(H,14,17,18)/t5-,6+,7+,9?,11?/m0/s1. The fraction of sp³-hybridized carbons (Fsp3) is 0.818. The molecule has 2 saturated heterocycles. The van der Waals surface area contributed by atoms with E-state index in [0.717, 1.165) is 0 Å². The van der Waals surface area contributed by atoms with Gasteiger partial charge in [-0.1, -0.05) is 15.9 Å². The number of amides is 3. The summed E-state index contributed by atoms with van der Waals surface area (Å²) in [4.78, 5) is 25.2. The number of carbonyl (C=O) groups excluding carboxylic acids is 2. The first-order chi connectivity index (χ1) is 9.32. The fourth-order valence-corrected chi connectivity index (χ4v) is 2.99. The zero-order valence-electron chi connectivity index (χ0n) is 11.2. The summed E-state index contributed by atoms with van der Waals surface area (Å²) >= 11 is 3.28. The number of rotatable bonds is 3. The molecular weight excluding hydrogens is 334 g/mol. The third-order valence-corrected chi connectivity index (χ3v) is 4.36. The number of methoxy groups -OCH3 is 1. The highest BCUT2D eigenvalue weighted by Gasteiger charge is 2.53. The number of halogens is 1. The predicted octanol–water partition coefficient (Wildman–Crippen LogP) is -0.901. The number of alkyl halides is 1. The first-order valence-corrected chi connectivity index (χ1v) is 6.99. The maximum absolute atomic E-state index is 12.1. The van der Waals surface area contributed by atoms with Crippen molar-refractivity contribution in [1.82, 2.24) is 10.2 Å². The van der Waals surface area contributed by atoms with Crippen molar-refractivity contribution in [3.8, 4) is 0 Å². The van der Waals surface area contributed by atoms with Crippen molar-refractivity contribution in [3.05, 3.63) is 0 Å². The third kappa shape index (κ3) is 2.44. The summed E-state index contributed by atoms with van der Waals surface area (Å²) in [6.07, 6.45) is -1.67. The van der Waals surface area contributed by atoms with Crippen LogP contribution in [0.2, 0.25) is 0 Å². The van der Waals surface area contributed by atoms with Crippen LogP contribution in [0.3, 0.4) is 0 Å². The number of imide groups is 1. The largest absolute Gasteiger partial charge is 0.394 e. The molecule has 0 radical (unpaired) electrons. The van der Waals surface area contributed by atoms with Crippen molar-refractivity contribution < 1.29 is 24.2 Å². The molecule has 8 nitrogen and oxygen atoms in total. The number of hydrogen-bond acceptors (Lipinski definition) is 6. The molecule has 2 fully saturated rings. The molecule has 0 aliphatic carbocycles. The minimum absolute atomic E-state index is 0.227. The number of hydrogen-bond donors (Lipinski definition) is 3. The second-order valence-corrected chi connectivity index (χ2v) is 6.69. The summed E-state index contributed by atoms with van der Waals surface area (Å²) in [5, 5.41) is 11.4. The van der Waals surface area contributed by atoms with E-state index in [1.165, 1.54) is 12.0 Å². The molecule has 2 unspecified atom stereocenters. The minimum Gasteiger partial charge on any atom is -0.394 e. The van der Waals surface area contributed by atoms with E-state index in [9.17, 15) is 9.59 Å². The summed E-state index contributed by atoms with van der Waals surface area (Å²) < 4.78 is 9.77. The Morgan fingerprint density at radius 3 is 2.80 bits per heavy atom. The highest BCUT2D eigenvalue weighted by molar-refractivity contribution is 9.10. The van der Waals surface area contributed by atoms with Gasteiger partial charge in [-0.3, -0.25) is 15.0 Å². The van der Waals surface area contributed by atoms with Crippen molar-refractivity contribution in [1.29, 1.82) is 0 Å². The Morgan fingerprint density at radius 2 is 2.30 bits per heavy atom. The molecule has 0 bridgehead atoms. The van der Waals surface area contributed by atoms with Crippen LogP contribution in [-0.4, -0.2) is 64.6 Å². The Hall–Kier alpha value is -0.740. The molecule has 2 aliphatic rings. The van der Waals surface area contributed by atoms with Crippen LogP contribution in [-0.2, 0) is 14.3 Å². The van der Waals surface area contributed by atoms with E-state index >= 15 is 0 Å². The number of nitrogens with two attached hydrogens (primary N) is 1. The number of nitrogens with one attached hydrogen (secondary N) is 1. The lowest BCUT2D eigenvalue weighted by molar-refractivity contribution is -0.153. The molecule has 0 saturated carbocycles. The van der Waals surface area contributed by atoms with Gasteiger partial charge < -0.3 is 20.3 Å². The number of carbonyl (C=O) groups is 2. The van der Waals surface area contributed by atoms with E-state index < -0.39 is 34.8 Å². The highest BCUT2D eigenvalue weighted by atomic mass is 79.9. The molecule has 0 aromatic carbocycles. The second kappa shape index (κ2) is 5.57. The lowest BCUT2D eigenvalue weighted by Crippen LogP contribution is -2.69. The quantitative estimate of drug-likeness (QED) is 0.567. The predicted molar refractivity (Wildman–Crippen MR) is 71.8 cm³/mol. The molecule has 0 aromatic rings. The molecular formula is C11H18BrN3O5. The minimum atomic E-state index is -1.10. The van der Waals surface area contributed by atoms with E-state index in [0.29, 0.717) is 6.42 Å². The molecule has 2 heterocycles. The van der Waals surface area contributed by atoms with Crippen molar-refractivity contribution in [2.75, 3.05) is 13.7 Å². The summed E-state index contributed by atoms with van der Waals surface area (Å²) in [7, 11) is 1.40. The van der Waals surface area contributed by atoms with Gasteiger partial charge in [0.15, 0.2) is 6.23 Å². The molecule has 114 valence electrons. The molecule has 4 N–H and O–H groups in total. The Morgan fingerprint density at radius 1 is 1.65 bits per heavy atom. The molecule has 20 heavy (non-hydrogen) atoms. The molecule has 2 rings (SSSR count). The molecule has 9 heteroatoms. The van der Waals surface area contributed by atoms with Gasteiger partial charge in [0.05, 0.1) is 12.7 Å². The fourth-order valence-electron chi connectivity index (χ4n) is 2.48. The third-order valence-electron chi connectivity index (χ3n) is 3.61. The van der Waals surface area contributed by atoms with Gasteiger partial charge in [0, 0.05) is 19.6 Å². The van der Waals surface area contributed by atoms with Crippen LogP contribution in [0.5, 0.6) is 0 Å². The molecule has 0 spiro atoms. The molecule has 5 atom stereocenters. The SMILES string of the molecule is COC1N([C@H]2C[C@H](N)[C@@H](CO)O2)C(=O)NC(=O)C1(C)Br. The van der Waals surface area contributed by atoms with Crippen LogP contribution < -0.4 is 11.1 Å². The van der Waals surface area contributed by atoms with E-state index in [4.69, 9.17) is 20.3 Å². The van der Waals surface area contributed by atoms with Crippen LogP contribution in [0.15, 0.2) is 0 Å². The summed E-state index contributed by atoms with van der Waals surface area (Å²) in [5.74, 6) is -0.480. The number of nitrogens with zero attached hydrogens (tertiary/aromatic N) is 1. The van der Waals surface area contributed by atoms with Crippen LogP contribution in [0.1, 0.15) is 13.3 Å². The van der Waals surface area contributed by atoms with Gasteiger partial charge in [0.2, 0.25) is 5.91 Å². The lowest BCUT2D eigenvalue weighted by atomic mass is 10.0. The van der Waals surface area contributed by atoms with Gasteiger partial charge in [0.25, 0.3) is 0 Å². The lowest BCUT2D eigenvalue weighted by Gasteiger charge is -2.44. The number of aliphatic hydroxyl groups is 1. The van der Waals surface area contributed by atoms with Crippen LogP contribution >= 0.6 is 15.9 Å². The topological polar surface area (TPSA) is 114 Å². The van der Waals surface area contributed by atoms with Gasteiger partial charge in [0.1, 0.15) is 10.6 Å². The first kappa shape index (κ1) is 15.6. The van der Waals surface area contributed by atoms with E-state index in [-0.39, 0.29) is 12.6 Å². The highest BCUT2D eigenvalue weighted by Crippen LogP contribution is 2.34. The first-order valence-electron chi connectivity index (χ1n) is 6.20. The summed E-state index contributed by atoms with van der Waals surface area (Å²) in [6.45, 7) is 1.38. The van der Waals surface area contributed by atoms with Gasteiger partial charge in [-0.2, -0.15) is 0 Å². The summed E-state index contributed by atoms with van der Waals surface area (Å²) in [5.41, 5.74) is 5.85. The maximum Gasteiger partial charge on any atom is 0.328 e. The van der Waals surface area contributed by atoms with Crippen molar-refractivity contribution >= 4 is 27.9 Å². The Bertz CT molecular complexity index is 419. The average molecular weight is 352 g/mol. The van der Waals surface area contributed by atoms with Crippen molar-refractivity contribution in [2.45, 2.75) is 42.3 Å². The normalized spacial score (nSPS) is 42.0. The van der Waals surface area contributed by atoms with Crippen LogP contribution in [0.25, 0.3) is 0 Å². The number of urea groups is 1. The van der Waals surface area contributed by atoms with Gasteiger partial charge >= 0.3 is 6.03 Å². The van der Waals surface area contributed by atoms with E-state index in [1.54, 1.807) is 6.92 Å². The molecule has 2 aliphatic heterocycles. The number of aliphatic hydroxyl groups excluding tert-OH is 1. The second-order valence-electron chi connectivity index (χ2n) is 5.04. The zero-order valence-corrected chi connectivity index (χ0v) is 12.8. The van der Waals surface area contributed by atoms with E-state index in [1.807, 2.05) is 0 Å². The zero-order chi connectivity index (χ0) is 15.1. The van der Waals surface area contributed by atoms with Crippen molar-refractivity contribution in [2.24, 2.45) is 5.73 Å². The Balaban J connectivity index is 2.25. The Labute approximate surface area is 124 Å². The molecule has 0 aromatic heterocycles. The summed E-state index contributed by atoms with van der Waals surface area (Å²) in [6, 6.07) is -0.982. The van der Waals surface area contributed by atoms with Crippen LogP contribution in [0, 0.1) is 0 Å². The van der Waals surface area contributed by atoms with E-state index in [2.05, 4.69) is 21.2 Å². The van der Waals surface area contributed by atoms with Gasteiger partial charge in [-0.05, 0) is 6.92 Å².